The van der Waals surface area contributed by atoms with E-state index < -0.39 is 5.97 Å². The fourth-order valence-corrected chi connectivity index (χ4v) is 1.74. The lowest BCUT2D eigenvalue weighted by Gasteiger charge is -2.08. The summed E-state index contributed by atoms with van der Waals surface area (Å²) in [4.78, 5) is 10.7. The molecule has 21 heavy (non-hydrogen) atoms. The van der Waals surface area contributed by atoms with Crippen LogP contribution in [0.2, 0.25) is 0 Å². The Bertz CT molecular complexity index is 595. The normalized spacial score (nSPS) is 10.1. The minimum Gasteiger partial charge on any atom is -0.493 e. The molecule has 0 bridgehead atoms. The minimum atomic E-state index is -0.947. The Morgan fingerprint density at radius 1 is 1.00 bits per heavy atom. The zero-order valence-corrected chi connectivity index (χ0v) is 11.5. The van der Waals surface area contributed by atoms with E-state index in [1.54, 1.807) is 24.3 Å². The summed E-state index contributed by atoms with van der Waals surface area (Å²) in [5, 5.41) is 8.78. The maximum absolute atomic E-state index is 10.7. The molecule has 0 amide bonds. The van der Waals surface area contributed by atoms with Crippen LogP contribution in [-0.4, -0.2) is 24.3 Å². The fourth-order valence-electron chi connectivity index (χ4n) is 1.74. The Balaban J connectivity index is 1.69. The number of aromatic carboxylic acids is 1. The van der Waals surface area contributed by atoms with E-state index in [4.69, 9.17) is 20.3 Å². The molecule has 2 aromatic rings. The first-order valence-corrected chi connectivity index (χ1v) is 6.59. The molecular weight excluding hydrogens is 270 g/mol. The van der Waals surface area contributed by atoms with Crippen molar-refractivity contribution in [2.24, 2.45) is 0 Å². The van der Waals surface area contributed by atoms with Crippen molar-refractivity contribution in [3.63, 3.8) is 0 Å². The molecule has 0 saturated carbocycles. The van der Waals surface area contributed by atoms with Crippen molar-refractivity contribution in [3.8, 4) is 11.5 Å². The number of rotatable bonds is 7. The highest BCUT2D eigenvalue weighted by Gasteiger charge is 2.02. The summed E-state index contributed by atoms with van der Waals surface area (Å²) in [5.41, 5.74) is 6.56. The lowest BCUT2D eigenvalue weighted by atomic mass is 10.2. The Labute approximate surface area is 122 Å². The molecular formula is C16H17NO4. The Morgan fingerprint density at radius 2 is 1.67 bits per heavy atom. The van der Waals surface area contributed by atoms with Crippen LogP contribution in [0, 0.1) is 0 Å². The first-order valence-electron chi connectivity index (χ1n) is 6.59. The average molecular weight is 287 g/mol. The second kappa shape index (κ2) is 7.19. The molecule has 2 rings (SSSR count). The molecule has 5 heteroatoms. The Kier molecular flexibility index (Phi) is 5.04. The van der Waals surface area contributed by atoms with Crippen molar-refractivity contribution in [1.29, 1.82) is 0 Å². The molecule has 0 spiro atoms. The second-order valence-corrected chi connectivity index (χ2v) is 4.45. The lowest BCUT2D eigenvalue weighted by molar-refractivity contribution is 0.0697. The lowest BCUT2D eigenvalue weighted by Crippen LogP contribution is -2.05. The van der Waals surface area contributed by atoms with Gasteiger partial charge in [-0.1, -0.05) is 6.07 Å². The number of anilines is 1. The van der Waals surface area contributed by atoms with Crippen LogP contribution in [0.3, 0.4) is 0 Å². The SMILES string of the molecule is Nc1cccc(OCCCOc2ccc(C(=O)O)cc2)c1. The van der Waals surface area contributed by atoms with Crippen molar-refractivity contribution in [2.45, 2.75) is 6.42 Å². The molecule has 0 aromatic heterocycles. The highest BCUT2D eigenvalue weighted by atomic mass is 16.5. The molecule has 0 atom stereocenters. The van der Waals surface area contributed by atoms with E-state index in [1.165, 1.54) is 12.1 Å². The number of benzene rings is 2. The number of carboxylic acid groups (broad SMARTS) is 1. The summed E-state index contributed by atoms with van der Waals surface area (Å²) in [5.74, 6) is 0.432. The van der Waals surface area contributed by atoms with Gasteiger partial charge in [0.15, 0.2) is 0 Å². The molecule has 0 heterocycles. The number of hydrogen-bond acceptors (Lipinski definition) is 4. The Morgan fingerprint density at radius 3 is 2.29 bits per heavy atom. The van der Waals surface area contributed by atoms with Crippen molar-refractivity contribution >= 4 is 11.7 Å². The summed E-state index contributed by atoms with van der Waals surface area (Å²) in [6.07, 6.45) is 0.718. The van der Waals surface area contributed by atoms with Gasteiger partial charge in [-0.3, -0.25) is 0 Å². The van der Waals surface area contributed by atoms with Gasteiger partial charge < -0.3 is 20.3 Å². The van der Waals surface area contributed by atoms with E-state index in [1.807, 2.05) is 12.1 Å². The van der Waals surface area contributed by atoms with E-state index in [0.717, 1.165) is 12.2 Å². The average Bonchev–Trinajstić information content (AvgIpc) is 2.47. The maximum atomic E-state index is 10.7. The van der Waals surface area contributed by atoms with E-state index in [-0.39, 0.29) is 5.56 Å². The van der Waals surface area contributed by atoms with Crippen molar-refractivity contribution in [2.75, 3.05) is 18.9 Å². The number of ether oxygens (including phenoxy) is 2. The van der Waals surface area contributed by atoms with Gasteiger partial charge >= 0.3 is 5.97 Å². The van der Waals surface area contributed by atoms with Gasteiger partial charge in [0, 0.05) is 18.2 Å². The molecule has 110 valence electrons. The van der Waals surface area contributed by atoms with Gasteiger partial charge in [-0.05, 0) is 36.4 Å². The highest BCUT2D eigenvalue weighted by Crippen LogP contribution is 2.15. The highest BCUT2D eigenvalue weighted by molar-refractivity contribution is 5.87. The van der Waals surface area contributed by atoms with Gasteiger partial charge in [0.25, 0.3) is 0 Å². The van der Waals surface area contributed by atoms with E-state index >= 15 is 0 Å². The molecule has 5 nitrogen and oxygen atoms in total. The van der Waals surface area contributed by atoms with Crippen LogP contribution in [0.4, 0.5) is 5.69 Å². The smallest absolute Gasteiger partial charge is 0.335 e. The number of carbonyl (C=O) groups is 1. The quantitative estimate of drug-likeness (QED) is 0.604. The van der Waals surface area contributed by atoms with Gasteiger partial charge in [-0.25, -0.2) is 4.79 Å². The molecule has 0 fully saturated rings. The van der Waals surface area contributed by atoms with Gasteiger partial charge in [0.2, 0.25) is 0 Å². The number of nitrogens with two attached hydrogens (primary N) is 1. The van der Waals surface area contributed by atoms with Crippen LogP contribution in [0.5, 0.6) is 11.5 Å². The summed E-state index contributed by atoms with van der Waals surface area (Å²) >= 11 is 0. The summed E-state index contributed by atoms with van der Waals surface area (Å²) in [6.45, 7) is 1.02. The Hall–Kier alpha value is -2.69. The van der Waals surface area contributed by atoms with Crippen LogP contribution in [0.15, 0.2) is 48.5 Å². The first kappa shape index (κ1) is 14.7. The van der Waals surface area contributed by atoms with Crippen LogP contribution in [-0.2, 0) is 0 Å². The van der Waals surface area contributed by atoms with Gasteiger partial charge in [-0.15, -0.1) is 0 Å². The van der Waals surface area contributed by atoms with Gasteiger partial charge in [0.05, 0.1) is 18.8 Å². The van der Waals surface area contributed by atoms with Gasteiger partial charge in [-0.2, -0.15) is 0 Å². The summed E-state index contributed by atoms with van der Waals surface area (Å²) in [7, 11) is 0. The standard InChI is InChI=1S/C16H17NO4/c17-13-3-1-4-15(11-13)21-10-2-9-20-14-7-5-12(6-8-14)16(18)19/h1,3-8,11H,2,9-10,17H2,(H,18,19). The predicted octanol–water partition coefficient (Wildman–Crippen LogP) is 2.81. The third kappa shape index (κ3) is 4.72. The predicted molar refractivity (Wildman–Crippen MR) is 79.9 cm³/mol. The first-order chi connectivity index (χ1) is 10.1. The van der Waals surface area contributed by atoms with Crippen LogP contribution >= 0.6 is 0 Å². The van der Waals surface area contributed by atoms with E-state index in [9.17, 15) is 4.79 Å². The third-order valence-electron chi connectivity index (χ3n) is 2.79. The minimum absolute atomic E-state index is 0.243. The zero-order chi connectivity index (χ0) is 15.1. The second-order valence-electron chi connectivity index (χ2n) is 4.45. The van der Waals surface area contributed by atoms with Gasteiger partial charge in [0.1, 0.15) is 11.5 Å². The third-order valence-corrected chi connectivity index (χ3v) is 2.79. The molecule has 0 radical (unpaired) electrons. The fraction of sp³-hybridized carbons (Fsp3) is 0.188. The molecule has 0 unspecified atom stereocenters. The van der Waals surface area contributed by atoms with E-state index in [0.29, 0.717) is 24.7 Å². The van der Waals surface area contributed by atoms with Crippen LogP contribution < -0.4 is 15.2 Å². The topological polar surface area (TPSA) is 81.8 Å². The summed E-state index contributed by atoms with van der Waals surface area (Å²) < 4.78 is 11.0. The number of carboxylic acids is 1. The molecule has 2 aromatic carbocycles. The van der Waals surface area contributed by atoms with E-state index in [2.05, 4.69) is 0 Å². The zero-order valence-electron chi connectivity index (χ0n) is 11.5. The number of hydrogen-bond donors (Lipinski definition) is 2. The molecule has 0 aliphatic heterocycles. The number of nitrogen functional groups attached to an aromatic ring is 1. The van der Waals surface area contributed by atoms with Crippen molar-refractivity contribution in [3.05, 3.63) is 54.1 Å². The molecule has 0 saturated heterocycles. The van der Waals surface area contributed by atoms with Crippen molar-refractivity contribution < 1.29 is 19.4 Å². The molecule has 0 aliphatic rings. The summed E-state index contributed by atoms with van der Waals surface area (Å²) in [6, 6.07) is 13.6. The van der Waals surface area contributed by atoms with Crippen molar-refractivity contribution in [1.82, 2.24) is 0 Å². The molecule has 3 N–H and O–H groups in total. The molecule has 0 aliphatic carbocycles. The maximum Gasteiger partial charge on any atom is 0.335 e. The van der Waals surface area contributed by atoms with Crippen LogP contribution in [0.25, 0.3) is 0 Å². The van der Waals surface area contributed by atoms with Crippen LogP contribution in [0.1, 0.15) is 16.8 Å². The largest absolute Gasteiger partial charge is 0.493 e. The monoisotopic (exact) mass is 287 g/mol.